The first-order valence-corrected chi connectivity index (χ1v) is 5.95. The van der Waals surface area contributed by atoms with Crippen LogP contribution in [-0.2, 0) is 4.74 Å². The third-order valence-electron chi connectivity index (χ3n) is 2.75. The zero-order valence-electron chi connectivity index (χ0n) is 10.7. The van der Waals surface area contributed by atoms with Gasteiger partial charge < -0.3 is 9.64 Å². The molecule has 0 aliphatic carbocycles. The van der Waals surface area contributed by atoms with Crippen molar-refractivity contribution in [2.24, 2.45) is 0 Å². The van der Waals surface area contributed by atoms with Crippen LogP contribution in [0.4, 0.5) is 0 Å². The molecular weight excluding hydrogens is 174 g/mol. The van der Waals surface area contributed by atoms with Crippen LogP contribution in [0.5, 0.6) is 0 Å². The Morgan fingerprint density at radius 2 is 1.79 bits per heavy atom. The van der Waals surface area contributed by atoms with Gasteiger partial charge in [0.15, 0.2) is 0 Å². The van der Waals surface area contributed by atoms with Crippen LogP contribution >= 0.6 is 0 Å². The zero-order chi connectivity index (χ0) is 11.1. The lowest BCUT2D eigenvalue weighted by molar-refractivity contribution is -0.0679. The first-order valence-electron chi connectivity index (χ1n) is 5.95. The molecule has 14 heavy (non-hydrogen) atoms. The number of hydrogen-bond acceptors (Lipinski definition) is 2. The van der Waals surface area contributed by atoms with E-state index in [1.165, 1.54) is 12.8 Å². The van der Waals surface area contributed by atoms with Crippen LogP contribution in [0, 0.1) is 0 Å². The van der Waals surface area contributed by atoms with Gasteiger partial charge in [0.25, 0.3) is 0 Å². The fourth-order valence-electron chi connectivity index (χ4n) is 1.91. The Hall–Kier alpha value is -0.0800. The molecule has 0 saturated carbocycles. The molecule has 0 bridgehead atoms. The molecule has 86 valence electrons. The lowest BCUT2D eigenvalue weighted by Gasteiger charge is -2.36. The van der Waals surface area contributed by atoms with Crippen molar-refractivity contribution in [2.75, 3.05) is 14.1 Å². The highest BCUT2D eigenvalue weighted by atomic mass is 16.5. The maximum Gasteiger partial charge on any atom is 0.0591 e. The summed E-state index contributed by atoms with van der Waals surface area (Å²) in [5, 5.41) is 0. The summed E-state index contributed by atoms with van der Waals surface area (Å²) in [5.41, 5.74) is 0. The summed E-state index contributed by atoms with van der Waals surface area (Å²) in [5.74, 6) is 0. The Labute approximate surface area is 89.6 Å². The SMILES string of the molecule is CC.CC[C@H]1C[C@@H](N(C)C)C[C@@H](C)O1. The zero-order valence-corrected chi connectivity index (χ0v) is 10.7. The Kier molecular flexibility index (Phi) is 7.20. The van der Waals surface area contributed by atoms with E-state index in [2.05, 4.69) is 32.8 Å². The highest BCUT2D eigenvalue weighted by molar-refractivity contribution is 4.79. The third kappa shape index (κ3) is 4.43. The van der Waals surface area contributed by atoms with Gasteiger partial charge in [-0.25, -0.2) is 0 Å². The molecule has 2 heteroatoms. The van der Waals surface area contributed by atoms with Crippen molar-refractivity contribution < 1.29 is 4.74 Å². The van der Waals surface area contributed by atoms with Gasteiger partial charge >= 0.3 is 0 Å². The standard InChI is InChI=1S/C10H21NO.C2H6/c1-5-10-7-9(11(3)4)6-8(2)12-10;1-2/h8-10H,5-7H2,1-4H3;1-2H3/t8-,9+,10+;/m1./s1. The molecule has 0 N–H and O–H groups in total. The van der Waals surface area contributed by atoms with Crippen molar-refractivity contribution in [3.63, 3.8) is 0 Å². The van der Waals surface area contributed by atoms with Gasteiger partial charge in [0.2, 0.25) is 0 Å². The number of rotatable bonds is 2. The summed E-state index contributed by atoms with van der Waals surface area (Å²) < 4.78 is 5.79. The van der Waals surface area contributed by atoms with Crippen molar-refractivity contribution in [3.05, 3.63) is 0 Å². The fraction of sp³-hybridized carbons (Fsp3) is 1.00. The first kappa shape index (κ1) is 13.9. The second-order valence-corrected chi connectivity index (χ2v) is 4.07. The largest absolute Gasteiger partial charge is 0.375 e. The lowest BCUT2D eigenvalue weighted by Crippen LogP contribution is -2.41. The summed E-state index contributed by atoms with van der Waals surface area (Å²) in [6.45, 7) is 8.38. The summed E-state index contributed by atoms with van der Waals surface area (Å²) in [6.07, 6.45) is 4.46. The van der Waals surface area contributed by atoms with Gasteiger partial charge in [0.05, 0.1) is 12.2 Å². The van der Waals surface area contributed by atoms with E-state index in [-0.39, 0.29) is 0 Å². The summed E-state index contributed by atoms with van der Waals surface area (Å²) in [6, 6.07) is 0.721. The molecule has 0 aromatic rings. The van der Waals surface area contributed by atoms with E-state index in [1.54, 1.807) is 0 Å². The second-order valence-electron chi connectivity index (χ2n) is 4.07. The van der Waals surface area contributed by atoms with Gasteiger partial charge in [-0.15, -0.1) is 0 Å². The van der Waals surface area contributed by atoms with Gasteiger partial charge in [-0.1, -0.05) is 20.8 Å². The highest BCUT2D eigenvalue weighted by Crippen LogP contribution is 2.23. The molecule has 0 unspecified atom stereocenters. The normalized spacial score (nSPS) is 32.4. The monoisotopic (exact) mass is 201 g/mol. The second kappa shape index (κ2) is 7.24. The van der Waals surface area contributed by atoms with Gasteiger partial charge in [0.1, 0.15) is 0 Å². The minimum atomic E-state index is 0.441. The van der Waals surface area contributed by atoms with Crippen LogP contribution in [0.25, 0.3) is 0 Å². The topological polar surface area (TPSA) is 12.5 Å². The molecule has 1 aliphatic heterocycles. The summed E-state index contributed by atoms with van der Waals surface area (Å²) in [7, 11) is 4.32. The highest BCUT2D eigenvalue weighted by Gasteiger charge is 2.26. The molecule has 1 saturated heterocycles. The van der Waals surface area contributed by atoms with Crippen molar-refractivity contribution in [1.82, 2.24) is 4.90 Å². The van der Waals surface area contributed by atoms with Crippen molar-refractivity contribution in [3.8, 4) is 0 Å². The third-order valence-corrected chi connectivity index (χ3v) is 2.75. The number of hydrogen-bond donors (Lipinski definition) is 0. The van der Waals surface area contributed by atoms with E-state index >= 15 is 0 Å². The first-order chi connectivity index (χ1) is 6.63. The minimum Gasteiger partial charge on any atom is -0.375 e. The smallest absolute Gasteiger partial charge is 0.0591 e. The van der Waals surface area contributed by atoms with Crippen LogP contribution in [0.3, 0.4) is 0 Å². The molecule has 0 aromatic heterocycles. The van der Waals surface area contributed by atoms with E-state index in [0.717, 1.165) is 12.5 Å². The Balaban J connectivity index is 0.000000791. The molecule has 0 amide bonds. The Morgan fingerprint density at radius 3 is 2.21 bits per heavy atom. The molecular formula is C12H27NO. The summed E-state index contributed by atoms with van der Waals surface area (Å²) >= 11 is 0. The quantitative estimate of drug-likeness (QED) is 0.681. The lowest BCUT2D eigenvalue weighted by atomic mass is 9.97. The molecule has 2 nitrogen and oxygen atoms in total. The van der Waals surface area contributed by atoms with Crippen LogP contribution in [0.2, 0.25) is 0 Å². The maximum atomic E-state index is 5.79. The molecule has 1 aliphatic rings. The van der Waals surface area contributed by atoms with Crippen LogP contribution in [0.1, 0.15) is 47.0 Å². The number of ether oxygens (including phenoxy) is 1. The van der Waals surface area contributed by atoms with E-state index in [0.29, 0.717) is 12.2 Å². The van der Waals surface area contributed by atoms with Gasteiger partial charge in [-0.3, -0.25) is 0 Å². The average Bonchev–Trinajstić information content (AvgIpc) is 2.20. The summed E-state index contributed by atoms with van der Waals surface area (Å²) in [4.78, 5) is 2.32. The Bertz CT molecular complexity index is 136. The van der Waals surface area contributed by atoms with Crippen LogP contribution in [0.15, 0.2) is 0 Å². The van der Waals surface area contributed by atoms with Crippen LogP contribution in [-0.4, -0.2) is 37.2 Å². The minimum absolute atomic E-state index is 0.441. The predicted molar refractivity (Wildman–Crippen MR) is 62.7 cm³/mol. The van der Waals surface area contributed by atoms with Crippen molar-refractivity contribution in [1.29, 1.82) is 0 Å². The molecule has 0 radical (unpaired) electrons. The number of nitrogens with zero attached hydrogens (tertiary/aromatic N) is 1. The molecule has 0 spiro atoms. The fourth-order valence-corrected chi connectivity index (χ4v) is 1.91. The van der Waals surface area contributed by atoms with Gasteiger partial charge in [-0.2, -0.15) is 0 Å². The maximum absolute atomic E-state index is 5.79. The molecule has 1 fully saturated rings. The molecule has 1 heterocycles. The average molecular weight is 201 g/mol. The Morgan fingerprint density at radius 1 is 1.21 bits per heavy atom. The van der Waals surface area contributed by atoms with Crippen molar-refractivity contribution >= 4 is 0 Å². The molecule has 1 rings (SSSR count). The molecule has 3 atom stereocenters. The van der Waals surface area contributed by atoms with Crippen LogP contribution < -0.4 is 0 Å². The molecule has 0 aromatic carbocycles. The van der Waals surface area contributed by atoms with E-state index < -0.39 is 0 Å². The predicted octanol–water partition coefficient (Wildman–Crippen LogP) is 2.92. The van der Waals surface area contributed by atoms with E-state index in [9.17, 15) is 0 Å². The van der Waals surface area contributed by atoms with Gasteiger partial charge in [-0.05, 0) is 40.3 Å². The van der Waals surface area contributed by atoms with E-state index in [1.807, 2.05) is 13.8 Å². The van der Waals surface area contributed by atoms with E-state index in [4.69, 9.17) is 4.74 Å². The van der Waals surface area contributed by atoms with Gasteiger partial charge in [0, 0.05) is 6.04 Å². The van der Waals surface area contributed by atoms with Crippen molar-refractivity contribution in [2.45, 2.75) is 65.2 Å².